The Bertz CT molecular complexity index is 493. The van der Waals surface area contributed by atoms with E-state index in [0.29, 0.717) is 17.3 Å². The van der Waals surface area contributed by atoms with Crippen molar-refractivity contribution in [3.05, 3.63) is 15.4 Å². The minimum Gasteiger partial charge on any atom is -0.329 e. The van der Waals surface area contributed by atoms with Crippen LogP contribution in [0.2, 0.25) is 0 Å². The summed E-state index contributed by atoms with van der Waals surface area (Å²) >= 11 is 4.63. The molecular formula is C10H15BrN2O2S2. The average Bonchev–Trinajstić information content (AvgIpc) is 2.86. The molecule has 1 aliphatic heterocycles. The van der Waals surface area contributed by atoms with Gasteiger partial charge < -0.3 is 5.73 Å². The van der Waals surface area contributed by atoms with Gasteiger partial charge in [-0.25, -0.2) is 8.42 Å². The van der Waals surface area contributed by atoms with Gasteiger partial charge in [-0.15, -0.1) is 11.3 Å². The molecule has 0 aliphatic carbocycles. The summed E-state index contributed by atoms with van der Waals surface area (Å²) in [6, 6.07) is 1.68. The molecule has 1 aromatic heterocycles. The third kappa shape index (κ3) is 2.44. The predicted octanol–water partition coefficient (Wildman–Crippen LogP) is 1.93. The van der Waals surface area contributed by atoms with Crippen LogP contribution in [0.5, 0.6) is 0 Å². The van der Waals surface area contributed by atoms with Gasteiger partial charge in [0.1, 0.15) is 4.21 Å². The van der Waals surface area contributed by atoms with Crippen molar-refractivity contribution in [2.45, 2.75) is 30.0 Å². The zero-order valence-electron chi connectivity index (χ0n) is 9.52. The van der Waals surface area contributed by atoms with E-state index in [1.54, 1.807) is 10.4 Å². The lowest BCUT2D eigenvalue weighted by molar-refractivity contribution is 0.394. The summed E-state index contributed by atoms with van der Waals surface area (Å²) < 4.78 is 27.7. The second-order valence-electron chi connectivity index (χ2n) is 4.17. The first-order chi connectivity index (χ1) is 7.96. The van der Waals surface area contributed by atoms with Crippen molar-refractivity contribution in [1.29, 1.82) is 0 Å². The lowest BCUT2D eigenvalue weighted by Crippen LogP contribution is -2.39. The number of halogens is 1. The van der Waals surface area contributed by atoms with Crippen molar-refractivity contribution in [2.75, 3.05) is 13.1 Å². The Morgan fingerprint density at radius 3 is 2.88 bits per heavy atom. The van der Waals surface area contributed by atoms with Crippen LogP contribution in [0, 0.1) is 6.92 Å². The molecule has 0 amide bonds. The van der Waals surface area contributed by atoms with Crippen LogP contribution in [0.15, 0.2) is 14.1 Å². The molecule has 1 atom stereocenters. The molecule has 0 saturated carbocycles. The van der Waals surface area contributed by atoms with Crippen molar-refractivity contribution < 1.29 is 8.42 Å². The predicted molar refractivity (Wildman–Crippen MR) is 72.7 cm³/mol. The molecule has 0 spiro atoms. The Labute approximate surface area is 114 Å². The molecule has 0 radical (unpaired) electrons. The molecule has 1 unspecified atom stereocenters. The lowest BCUT2D eigenvalue weighted by Gasteiger charge is -2.21. The van der Waals surface area contributed by atoms with E-state index in [9.17, 15) is 8.42 Å². The fourth-order valence-corrected chi connectivity index (χ4v) is 6.10. The molecule has 0 bridgehead atoms. The van der Waals surface area contributed by atoms with Gasteiger partial charge in [-0.05, 0) is 47.3 Å². The van der Waals surface area contributed by atoms with E-state index < -0.39 is 10.0 Å². The van der Waals surface area contributed by atoms with Crippen LogP contribution in [-0.4, -0.2) is 31.9 Å². The van der Waals surface area contributed by atoms with Gasteiger partial charge in [0.25, 0.3) is 10.0 Å². The van der Waals surface area contributed by atoms with Crippen LogP contribution in [0.3, 0.4) is 0 Å². The average molecular weight is 339 g/mol. The van der Waals surface area contributed by atoms with Gasteiger partial charge in [0.05, 0.1) is 3.79 Å². The number of sulfonamides is 1. The van der Waals surface area contributed by atoms with Crippen LogP contribution in [0.4, 0.5) is 0 Å². The molecule has 1 aromatic rings. The fourth-order valence-electron chi connectivity index (χ4n) is 2.04. The summed E-state index contributed by atoms with van der Waals surface area (Å²) in [6.45, 7) is 2.87. The topological polar surface area (TPSA) is 63.4 Å². The smallest absolute Gasteiger partial charge is 0.252 e. The van der Waals surface area contributed by atoms with E-state index in [0.717, 1.165) is 22.2 Å². The van der Waals surface area contributed by atoms with Crippen LogP contribution in [0.25, 0.3) is 0 Å². The molecule has 1 aliphatic rings. The maximum atomic E-state index is 12.4. The summed E-state index contributed by atoms with van der Waals surface area (Å²) in [4.78, 5) is 0. The van der Waals surface area contributed by atoms with Crippen molar-refractivity contribution in [3.8, 4) is 0 Å². The maximum absolute atomic E-state index is 12.4. The van der Waals surface area contributed by atoms with Gasteiger partial charge in [0.15, 0.2) is 0 Å². The SMILES string of the molecule is Cc1cc(S(=O)(=O)N2CCCC2CN)sc1Br. The highest BCUT2D eigenvalue weighted by Gasteiger charge is 2.35. The van der Waals surface area contributed by atoms with E-state index in [1.165, 1.54) is 11.3 Å². The maximum Gasteiger partial charge on any atom is 0.252 e. The number of nitrogens with two attached hydrogens (primary N) is 1. The molecule has 2 N–H and O–H groups in total. The number of rotatable bonds is 3. The van der Waals surface area contributed by atoms with Crippen LogP contribution >= 0.6 is 27.3 Å². The minimum absolute atomic E-state index is 0.0406. The van der Waals surface area contributed by atoms with Crippen LogP contribution in [0.1, 0.15) is 18.4 Å². The van der Waals surface area contributed by atoms with E-state index in [4.69, 9.17) is 5.73 Å². The third-order valence-electron chi connectivity index (χ3n) is 2.99. The van der Waals surface area contributed by atoms with E-state index >= 15 is 0 Å². The Hall–Kier alpha value is 0.0500. The highest BCUT2D eigenvalue weighted by atomic mass is 79.9. The van der Waals surface area contributed by atoms with Gasteiger partial charge in [0.2, 0.25) is 0 Å². The molecule has 0 aromatic carbocycles. The normalized spacial score (nSPS) is 22.2. The molecule has 17 heavy (non-hydrogen) atoms. The molecule has 2 rings (SSSR count). The quantitative estimate of drug-likeness (QED) is 0.915. The molecule has 1 fully saturated rings. The third-order valence-corrected chi connectivity index (χ3v) is 7.53. The number of thiophene rings is 1. The number of aryl methyl sites for hydroxylation is 1. The number of hydrogen-bond donors (Lipinski definition) is 1. The van der Waals surface area contributed by atoms with Crippen molar-refractivity contribution in [3.63, 3.8) is 0 Å². The largest absolute Gasteiger partial charge is 0.329 e. The molecule has 4 nitrogen and oxygen atoms in total. The zero-order chi connectivity index (χ0) is 12.6. The van der Waals surface area contributed by atoms with Gasteiger partial charge >= 0.3 is 0 Å². The van der Waals surface area contributed by atoms with Gasteiger partial charge in [0, 0.05) is 19.1 Å². The molecular weight excluding hydrogens is 324 g/mol. The van der Waals surface area contributed by atoms with Crippen molar-refractivity contribution >= 4 is 37.3 Å². The van der Waals surface area contributed by atoms with Crippen LogP contribution < -0.4 is 5.73 Å². The lowest BCUT2D eigenvalue weighted by atomic mass is 10.2. The van der Waals surface area contributed by atoms with Gasteiger partial charge in [-0.3, -0.25) is 0 Å². The van der Waals surface area contributed by atoms with Crippen molar-refractivity contribution in [2.24, 2.45) is 5.73 Å². The van der Waals surface area contributed by atoms with Gasteiger partial charge in [-0.2, -0.15) is 4.31 Å². The standard InChI is InChI=1S/C10H15BrN2O2S2/c1-7-5-9(16-10(7)11)17(14,15)13-4-2-3-8(13)6-12/h5,8H,2-4,6,12H2,1H3. The van der Waals surface area contributed by atoms with E-state index in [2.05, 4.69) is 15.9 Å². The molecule has 1 saturated heterocycles. The summed E-state index contributed by atoms with van der Waals surface area (Å²) in [7, 11) is -3.36. The summed E-state index contributed by atoms with van der Waals surface area (Å²) in [5.41, 5.74) is 6.58. The zero-order valence-corrected chi connectivity index (χ0v) is 12.7. The minimum atomic E-state index is -3.36. The Morgan fingerprint density at radius 2 is 2.35 bits per heavy atom. The second-order valence-corrected chi connectivity index (χ2v) is 8.66. The molecule has 96 valence electrons. The highest BCUT2D eigenvalue weighted by Crippen LogP contribution is 2.34. The van der Waals surface area contributed by atoms with E-state index in [-0.39, 0.29) is 6.04 Å². The summed E-state index contributed by atoms with van der Waals surface area (Å²) in [5.74, 6) is 0. The summed E-state index contributed by atoms with van der Waals surface area (Å²) in [6.07, 6.45) is 1.76. The van der Waals surface area contributed by atoms with Crippen LogP contribution in [-0.2, 0) is 10.0 Å². The highest BCUT2D eigenvalue weighted by molar-refractivity contribution is 9.11. The van der Waals surface area contributed by atoms with E-state index in [1.807, 2.05) is 6.92 Å². The second kappa shape index (κ2) is 4.97. The summed E-state index contributed by atoms with van der Waals surface area (Å²) in [5, 5.41) is 0. The Kier molecular flexibility index (Phi) is 3.94. The number of hydrogen-bond acceptors (Lipinski definition) is 4. The first-order valence-electron chi connectivity index (χ1n) is 5.44. The first-order valence-corrected chi connectivity index (χ1v) is 8.49. The Morgan fingerprint density at radius 1 is 1.65 bits per heavy atom. The molecule has 2 heterocycles. The Balaban J connectivity index is 2.36. The first kappa shape index (κ1) is 13.5. The fraction of sp³-hybridized carbons (Fsp3) is 0.600. The molecule has 7 heteroatoms. The number of nitrogens with zero attached hydrogens (tertiary/aromatic N) is 1. The van der Waals surface area contributed by atoms with Gasteiger partial charge in [-0.1, -0.05) is 0 Å². The van der Waals surface area contributed by atoms with Crippen molar-refractivity contribution in [1.82, 2.24) is 4.31 Å². The monoisotopic (exact) mass is 338 g/mol.